The van der Waals surface area contributed by atoms with Crippen molar-refractivity contribution in [3.8, 4) is 0 Å². The van der Waals surface area contributed by atoms with E-state index < -0.39 is 10.0 Å². The minimum atomic E-state index is -3.62. The Hall–Kier alpha value is -3.03. The topological polar surface area (TPSA) is 74.8 Å². The zero-order valence-corrected chi connectivity index (χ0v) is 17.9. The van der Waals surface area contributed by atoms with Crippen molar-refractivity contribution in [2.45, 2.75) is 17.7 Å². The summed E-state index contributed by atoms with van der Waals surface area (Å²) in [6.45, 7) is 1.14. The van der Waals surface area contributed by atoms with E-state index in [1.807, 2.05) is 36.4 Å². The molecule has 1 amide bonds. The summed E-state index contributed by atoms with van der Waals surface area (Å²) in [5.74, 6) is -0.182. The molecular formula is C24H24N2O4S. The average Bonchev–Trinajstić information content (AvgIpc) is 2.82. The summed E-state index contributed by atoms with van der Waals surface area (Å²) >= 11 is 0. The SMILES string of the molecule is O=C(CCC(=O)N1CCN(S(=O)(=O)c2ccc3ccccc3c2)CC1)c1ccccc1. The van der Waals surface area contributed by atoms with E-state index in [-0.39, 0.29) is 42.5 Å². The lowest BCUT2D eigenvalue weighted by atomic mass is 10.1. The number of nitrogens with zero attached hydrogens (tertiary/aromatic N) is 2. The Kier molecular flexibility index (Phi) is 6.15. The summed E-state index contributed by atoms with van der Waals surface area (Å²) in [5, 5.41) is 1.86. The molecule has 0 N–H and O–H groups in total. The molecule has 1 fully saturated rings. The first-order chi connectivity index (χ1) is 14.9. The van der Waals surface area contributed by atoms with Gasteiger partial charge in [-0.15, -0.1) is 0 Å². The zero-order chi connectivity index (χ0) is 21.8. The first-order valence-electron chi connectivity index (χ1n) is 10.3. The average molecular weight is 437 g/mol. The minimum Gasteiger partial charge on any atom is -0.340 e. The molecule has 0 aliphatic carbocycles. The van der Waals surface area contributed by atoms with Gasteiger partial charge in [-0.1, -0.05) is 60.7 Å². The zero-order valence-electron chi connectivity index (χ0n) is 17.1. The number of ketones is 1. The molecule has 0 saturated carbocycles. The molecule has 1 aliphatic heterocycles. The first-order valence-corrected chi connectivity index (χ1v) is 11.7. The van der Waals surface area contributed by atoms with Gasteiger partial charge in [-0.25, -0.2) is 8.42 Å². The van der Waals surface area contributed by atoms with Crippen LogP contribution >= 0.6 is 0 Å². The van der Waals surface area contributed by atoms with Crippen molar-refractivity contribution in [2.24, 2.45) is 0 Å². The molecule has 0 bridgehead atoms. The number of carbonyl (C=O) groups is 2. The molecule has 3 aromatic rings. The van der Waals surface area contributed by atoms with Crippen LogP contribution in [0.15, 0.2) is 77.7 Å². The van der Waals surface area contributed by atoms with Crippen molar-refractivity contribution in [3.05, 3.63) is 78.4 Å². The number of rotatable bonds is 6. The van der Waals surface area contributed by atoms with Crippen LogP contribution in [0, 0.1) is 0 Å². The van der Waals surface area contributed by atoms with E-state index in [1.165, 1.54) is 4.31 Å². The third-order valence-corrected chi connectivity index (χ3v) is 7.51. The Morgan fingerprint density at radius 3 is 2.10 bits per heavy atom. The highest BCUT2D eigenvalue weighted by Crippen LogP contribution is 2.23. The van der Waals surface area contributed by atoms with Crippen LogP contribution in [0.4, 0.5) is 0 Å². The number of sulfonamides is 1. The molecule has 1 heterocycles. The Labute approximate surface area is 182 Å². The summed E-state index contributed by atoms with van der Waals surface area (Å²) in [7, 11) is -3.62. The van der Waals surface area contributed by atoms with E-state index in [0.29, 0.717) is 18.7 Å². The van der Waals surface area contributed by atoms with Gasteiger partial charge in [0.05, 0.1) is 4.90 Å². The molecule has 31 heavy (non-hydrogen) atoms. The molecule has 0 spiro atoms. The molecule has 7 heteroatoms. The maximum atomic E-state index is 13.1. The van der Waals surface area contributed by atoms with Crippen LogP contribution < -0.4 is 0 Å². The smallest absolute Gasteiger partial charge is 0.243 e. The van der Waals surface area contributed by atoms with Gasteiger partial charge in [0.1, 0.15) is 0 Å². The van der Waals surface area contributed by atoms with Crippen molar-refractivity contribution in [1.82, 2.24) is 9.21 Å². The molecule has 3 aromatic carbocycles. The lowest BCUT2D eigenvalue weighted by molar-refractivity contribution is -0.132. The third kappa shape index (κ3) is 4.68. The standard InChI is InChI=1S/C24H24N2O4S/c27-23(20-7-2-1-3-8-20)12-13-24(28)25-14-16-26(17-15-25)31(29,30)22-11-10-19-6-4-5-9-21(19)18-22/h1-11,18H,12-17H2. The monoisotopic (exact) mass is 436 g/mol. The van der Waals surface area contributed by atoms with Crippen LogP contribution in [-0.4, -0.2) is 55.5 Å². The van der Waals surface area contributed by atoms with Crippen LogP contribution in [0.5, 0.6) is 0 Å². The van der Waals surface area contributed by atoms with Gasteiger partial charge in [-0.05, 0) is 22.9 Å². The second-order valence-corrected chi connectivity index (χ2v) is 9.52. The fraction of sp³-hybridized carbons (Fsp3) is 0.250. The maximum Gasteiger partial charge on any atom is 0.243 e. The number of amides is 1. The van der Waals surface area contributed by atoms with Gasteiger partial charge in [-0.3, -0.25) is 9.59 Å². The summed E-state index contributed by atoms with van der Waals surface area (Å²) in [6.07, 6.45) is 0.281. The Morgan fingerprint density at radius 1 is 0.742 bits per heavy atom. The Balaban J connectivity index is 1.35. The third-order valence-electron chi connectivity index (χ3n) is 5.61. The predicted molar refractivity (Wildman–Crippen MR) is 119 cm³/mol. The molecule has 0 aromatic heterocycles. The van der Waals surface area contributed by atoms with Crippen LogP contribution in [0.2, 0.25) is 0 Å². The van der Waals surface area contributed by atoms with Crippen LogP contribution in [0.3, 0.4) is 0 Å². The first kappa shape index (κ1) is 21.2. The Bertz CT molecular complexity index is 1200. The van der Waals surface area contributed by atoms with E-state index in [4.69, 9.17) is 0 Å². The molecule has 0 unspecified atom stereocenters. The maximum absolute atomic E-state index is 13.1. The summed E-state index contributed by atoms with van der Waals surface area (Å²) in [5.41, 5.74) is 0.599. The van der Waals surface area contributed by atoms with Crippen molar-refractivity contribution in [2.75, 3.05) is 26.2 Å². The highest BCUT2D eigenvalue weighted by Gasteiger charge is 2.30. The number of benzene rings is 3. The van der Waals surface area contributed by atoms with Gasteiger partial charge in [-0.2, -0.15) is 4.31 Å². The van der Waals surface area contributed by atoms with Crippen molar-refractivity contribution in [1.29, 1.82) is 0 Å². The largest absolute Gasteiger partial charge is 0.340 e. The van der Waals surface area contributed by atoms with Gasteiger partial charge in [0.15, 0.2) is 5.78 Å². The normalized spacial score (nSPS) is 15.2. The van der Waals surface area contributed by atoms with Crippen molar-refractivity contribution in [3.63, 3.8) is 0 Å². The summed E-state index contributed by atoms with van der Waals surface area (Å²) < 4.78 is 27.5. The van der Waals surface area contributed by atoms with Crippen LogP contribution in [0.25, 0.3) is 10.8 Å². The fourth-order valence-corrected chi connectivity index (χ4v) is 5.26. The predicted octanol–water partition coefficient (Wildman–Crippen LogP) is 3.34. The minimum absolute atomic E-state index is 0.0635. The number of fused-ring (bicyclic) bond motifs is 1. The number of carbonyl (C=O) groups excluding carboxylic acids is 2. The second-order valence-electron chi connectivity index (χ2n) is 7.58. The van der Waals surface area contributed by atoms with E-state index in [1.54, 1.807) is 41.3 Å². The van der Waals surface area contributed by atoms with Gasteiger partial charge >= 0.3 is 0 Å². The molecule has 1 saturated heterocycles. The van der Waals surface area contributed by atoms with Crippen LogP contribution in [0.1, 0.15) is 23.2 Å². The van der Waals surface area contributed by atoms with Crippen molar-refractivity contribution < 1.29 is 18.0 Å². The molecule has 4 rings (SSSR count). The van der Waals surface area contributed by atoms with E-state index in [2.05, 4.69) is 0 Å². The lowest BCUT2D eigenvalue weighted by Crippen LogP contribution is -2.50. The molecule has 1 aliphatic rings. The van der Waals surface area contributed by atoms with Gasteiger partial charge in [0, 0.05) is 44.6 Å². The van der Waals surface area contributed by atoms with Gasteiger partial charge < -0.3 is 4.90 Å². The highest BCUT2D eigenvalue weighted by molar-refractivity contribution is 7.89. The van der Waals surface area contributed by atoms with E-state index >= 15 is 0 Å². The molecule has 160 valence electrons. The number of hydrogen-bond donors (Lipinski definition) is 0. The highest BCUT2D eigenvalue weighted by atomic mass is 32.2. The van der Waals surface area contributed by atoms with Gasteiger partial charge in [0.2, 0.25) is 15.9 Å². The van der Waals surface area contributed by atoms with Crippen molar-refractivity contribution >= 4 is 32.5 Å². The molecular weight excluding hydrogens is 412 g/mol. The van der Waals surface area contributed by atoms with Gasteiger partial charge in [0.25, 0.3) is 0 Å². The number of piperazine rings is 1. The van der Waals surface area contributed by atoms with E-state index in [0.717, 1.165) is 10.8 Å². The summed E-state index contributed by atoms with van der Waals surface area (Å²) in [6, 6.07) is 21.7. The summed E-state index contributed by atoms with van der Waals surface area (Å²) in [4.78, 5) is 26.6. The lowest BCUT2D eigenvalue weighted by Gasteiger charge is -2.34. The molecule has 0 atom stereocenters. The molecule has 0 radical (unpaired) electrons. The number of Topliss-reactive ketones (excluding diaryl/α,β-unsaturated/α-hetero) is 1. The number of hydrogen-bond acceptors (Lipinski definition) is 4. The fourth-order valence-electron chi connectivity index (χ4n) is 3.80. The second kappa shape index (κ2) is 8.99. The Morgan fingerprint density at radius 2 is 1.39 bits per heavy atom. The van der Waals surface area contributed by atoms with E-state index in [9.17, 15) is 18.0 Å². The van der Waals surface area contributed by atoms with Crippen LogP contribution in [-0.2, 0) is 14.8 Å². The molecule has 6 nitrogen and oxygen atoms in total. The quantitative estimate of drug-likeness (QED) is 0.556.